The second kappa shape index (κ2) is 11.2. The number of carbonyl (C=O) groups excluding carboxylic acids is 2. The van der Waals surface area contributed by atoms with Crippen molar-refractivity contribution >= 4 is 56.6 Å². The second-order valence-corrected chi connectivity index (χ2v) is 12.8. The number of benzene rings is 2. The van der Waals surface area contributed by atoms with Crippen molar-refractivity contribution in [3.8, 4) is 22.7 Å². The molecule has 2 amide bonds. The number of phenols is 1. The number of aryl methyl sites for hydroxylation is 1. The predicted octanol–water partition coefficient (Wildman–Crippen LogP) is 5.57. The molecule has 47 heavy (non-hydrogen) atoms. The van der Waals surface area contributed by atoms with Crippen molar-refractivity contribution in [1.29, 1.82) is 0 Å². The van der Waals surface area contributed by atoms with Gasteiger partial charge in [-0.3, -0.25) is 23.9 Å². The number of phenolic OH excluding ortho intramolecular Hbond substituents is 1. The van der Waals surface area contributed by atoms with E-state index in [1.807, 2.05) is 56.0 Å². The molecule has 1 saturated heterocycles. The molecule has 7 rings (SSSR count). The molecule has 2 aliphatic rings. The maximum atomic E-state index is 14.9. The number of piperazine rings is 1. The van der Waals surface area contributed by atoms with Crippen LogP contribution in [0.1, 0.15) is 31.0 Å². The lowest BCUT2D eigenvalue weighted by Crippen LogP contribution is -2.63. The van der Waals surface area contributed by atoms with Gasteiger partial charge in [0.05, 0.1) is 34.3 Å². The van der Waals surface area contributed by atoms with Gasteiger partial charge >= 0.3 is 0 Å². The quantitative estimate of drug-likeness (QED) is 0.254. The number of hydrogen-bond donors (Lipinski definition) is 1. The van der Waals surface area contributed by atoms with Crippen LogP contribution in [0.2, 0.25) is 5.02 Å². The Bertz CT molecular complexity index is 2230. The highest BCUT2D eigenvalue weighted by Gasteiger charge is 2.44. The summed E-state index contributed by atoms with van der Waals surface area (Å²) in [7, 11) is 1.59. The molecule has 0 saturated carbocycles. The Balaban J connectivity index is 1.61. The molecule has 0 bridgehead atoms. The Hall–Kier alpha value is -5.22. The first-order chi connectivity index (χ1) is 22.5. The lowest BCUT2D eigenvalue weighted by atomic mass is 9.98. The molecule has 10 nitrogen and oxygen atoms in total. The number of anilines is 2. The van der Waals surface area contributed by atoms with E-state index >= 15 is 0 Å². The summed E-state index contributed by atoms with van der Waals surface area (Å²) < 4.78 is 1.55. The van der Waals surface area contributed by atoms with Gasteiger partial charge in [-0.1, -0.05) is 56.3 Å². The lowest BCUT2D eigenvalue weighted by Gasteiger charge is -2.47. The minimum Gasteiger partial charge on any atom is -0.508 e. The summed E-state index contributed by atoms with van der Waals surface area (Å²) in [5, 5.41) is 13.2. The SMILES string of the molecule is C=CC(=O)N1CCN2c3c(c(=O)n(-c4c(C)ccnc4C(C)C)c4nc(-c5cc(O)cc6ccccc56)c(Cl)cc34)N(C)C(=O)[C@H]2C1. The fourth-order valence-corrected chi connectivity index (χ4v) is 7.20. The van der Waals surface area contributed by atoms with Gasteiger partial charge in [0.15, 0.2) is 0 Å². The molecular formula is C36H33ClN6O4. The van der Waals surface area contributed by atoms with Crippen LogP contribution in [-0.2, 0) is 9.59 Å². The van der Waals surface area contributed by atoms with E-state index in [0.29, 0.717) is 57.5 Å². The van der Waals surface area contributed by atoms with Crippen LogP contribution in [0.15, 0.2) is 72.2 Å². The molecule has 0 aliphatic carbocycles. The Labute approximate surface area is 276 Å². The molecule has 5 heterocycles. The largest absolute Gasteiger partial charge is 0.508 e. The number of aromatic nitrogens is 3. The second-order valence-electron chi connectivity index (χ2n) is 12.4. The van der Waals surface area contributed by atoms with Crippen molar-refractivity contribution in [3.05, 3.63) is 94.0 Å². The van der Waals surface area contributed by atoms with E-state index in [9.17, 15) is 19.5 Å². The molecule has 0 radical (unpaired) electrons. The average molecular weight is 649 g/mol. The van der Waals surface area contributed by atoms with Crippen molar-refractivity contribution in [2.45, 2.75) is 32.7 Å². The summed E-state index contributed by atoms with van der Waals surface area (Å²) in [4.78, 5) is 56.1. The number of pyridine rings is 3. The van der Waals surface area contributed by atoms with Gasteiger partial charge in [0.25, 0.3) is 11.5 Å². The molecule has 1 fully saturated rings. The first-order valence-electron chi connectivity index (χ1n) is 15.4. The number of hydrogen-bond acceptors (Lipinski definition) is 7. The summed E-state index contributed by atoms with van der Waals surface area (Å²) in [5.74, 6) is -0.536. The molecule has 238 valence electrons. The Morgan fingerprint density at radius 2 is 1.83 bits per heavy atom. The van der Waals surface area contributed by atoms with Crippen LogP contribution in [0.25, 0.3) is 38.8 Å². The molecule has 3 aromatic heterocycles. The zero-order valence-corrected chi connectivity index (χ0v) is 27.2. The maximum absolute atomic E-state index is 14.9. The van der Waals surface area contributed by atoms with E-state index in [4.69, 9.17) is 16.6 Å². The number of nitrogens with zero attached hydrogens (tertiary/aromatic N) is 6. The highest BCUT2D eigenvalue weighted by molar-refractivity contribution is 6.34. The zero-order valence-electron chi connectivity index (χ0n) is 26.5. The van der Waals surface area contributed by atoms with Crippen molar-refractivity contribution < 1.29 is 14.7 Å². The van der Waals surface area contributed by atoms with Gasteiger partial charge < -0.3 is 19.8 Å². The molecule has 0 spiro atoms. The summed E-state index contributed by atoms with van der Waals surface area (Å²) in [6.07, 6.45) is 2.96. The standard InChI is InChI=1S/C36H33ClN6O4/c1-6-28(45)41-13-14-42-27(18-41)35(46)40(5)33-32(42)25-17-26(37)30(24-16-22(44)15-21-9-7-8-10-23(21)24)39-34(25)43(36(33)47)31-20(4)11-12-38-29(31)19(2)3/h6-12,15-17,19,27,44H,1,13-14,18H2,2-5H3/t27-/m1/s1. The van der Waals surface area contributed by atoms with Crippen LogP contribution in [-0.4, -0.2) is 69.1 Å². The fraction of sp³-hybridized carbons (Fsp3) is 0.250. The third kappa shape index (κ3) is 4.66. The third-order valence-electron chi connectivity index (χ3n) is 9.18. The smallest absolute Gasteiger partial charge is 0.283 e. The minimum atomic E-state index is -0.719. The summed E-state index contributed by atoms with van der Waals surface area (Å²) in [5.41, 5.74) is 3.76. The normalized spacial score (nSPS) is 16.2. The van der Waals surface area contributed by atoms with Gasteiger partial charge in [0, 0.05) is 37.3 Å². The highest BCUT2D eigenvalue weighted by atomic mass is 35.5. The minimum absolute atomic E-state index is 0.0381. The number of amides is 2. The molecule has 11 heteroatoms. The molecule has 1 N–H and O–H groups in total. The van der Waals surface area contributed by atoms with Crippen molar-refractivity contribution in [1.82, 2.24) is 19.4 Å². The number of likely N-dealkylation sites (N-methyl/N-ethyl adjacent to an activating group) is 1. The molecular weight excluding hydrogens is 616 g/mol. The van der Waals surface area contributed by atoms with E-state index in [1.165, 1.54) is 11.0 Å². The van der Waals surface area contributed by atoms with E-state index in [0.717, 1.165) is 16.3 Å². The lowest BCUT2D eigenvalue weighted by molar-refractivity contribution is -0.128. The van der Waals surface area contributed by atoms with Crippen molar-refractivity contribution in [3.63, 3.8) is 0 Å². The van der Waals surface area contributed by atoms with E-state index < -0.39 is 11.6 Å². The van der Waals surface area contributed by atoms with Crippen LogP contribution >= 0.6 is 11.6 Å². The summed E-state index contributed by atoms with van der Waals surface area (Å²) in [6.45, 7) is 10.3. The van der Waals surface area contributed by atoms with E-state index in [1.54, 1.807) is 40.9 Å². The maximum Gasteiger partial charge on any atom is 0.283 e. The number of carbonyl (C=O) groups is 2. The monoisotopic (exact) mass is 648 g/mol. The first kappa shape index (κ1) is 30.4. The number of fused-ring (bicyclic) bond motifs is 6. The number of aromatic hydroxyl groups is 1. The Morgan fingerprint density at radius 3 is 2.57 bits per heavy atom. The van der Waals surface area contributed by atoms with Crippen LogP contribution < -0.4 is 15.4 Å². The molecule has 0 unspecified atom stereocenters. The Kier molecular flexibility index (Phi) is 7.28. The Morgan fingerprint density at radius 1 is 1.06 bits per heavy atom. The van der Waals surface area contributed by atoms with Gasteiger partial charge in [0.1, 0.15) is 23.1 Å². The third-order valence-corrected chi connectivity index (χ3v) is 9.47. The van der Waals surface area contributed by atoms with Crippen LogP contribution in [0.4, 0.5) is 11.4 Å². The topological polar surface area (TPSA) is 112 Å². The van der Waals surface area contributed by atoms with Crippen molar-refractivity contribution in [2.75, 3.05) is 36.5 Å². The van der Waals surface area contributed by atoms with Crippen LogP contribution in [0, 0.1) is 6.92 Å². The van der Waals surface area contributed by atoms with Crippen molar-refractivity contribution in [2.24, 2.45) is 0 Å². The molecule has 1 atom stereocenters. The van der Waals surface area contributed by atoms with E-state index in [2.05, 4.69) is 11.6 Å². The average Bonchev–Trinajstić information content (AvgIpc) is 3.06. The fourth-order valence-electron chi connectivity index (χ4n) is 6.94. The summed E-state index contributed by atoms with van der Waals surface area (Å²) >= 11 is 7.10. The van der Waals surface area contributed by atoms with Gasteiger partial charge in [-0.25, -0.2) is 4.98 Å². The van der Waals surface area contributed by atoms with Gasteiger partial charge in [0.2, 0.25) is 5.91 Å². The van der Waals surface area contributed by atoms with Crippen LogP contribution in [0.5, 0.6) is 5.75 Å². The zero-order chi connectivity index (χ0) is 33.3. The van der Waals surface area contributed by atoms with Gasteiger partial charge in [-0.05, 0) is 59.5 Å². The van der Waals surface area contributed by atoms with Crippen LogP contribution in [0.3, 0.4) is 0 Å². The van der Waals surface area contributed by atoms with Gasteiger partial charge in [-0.15, -0.1) is 0 Å². The molecule has 2 aromatic carbocycles. The number of rotatable bonds is 4. The highest BCUT2D eigenvalue weighted by Crippen LogP contribution is 2.44. The first-order valence-corrected chi connectivity index (χ1v) is 15.8. The number of halogens is 1. The summed E-state index contributed by atoms with van der Waals surface area (Å²) in [6, 6.07) is 13.8. The predicted molar refractivity (Wildman–Crippen MR) is 185 cm³/mol. The van der Waals surface area contributed by atoms with E-state index in [-0.39, 0.29) is 35.7 Å². The molecule has 5 aromatic rings. The molecule has 2 aliphatic heterocycles. The van der Waals surface area contributed by atoms with Gasteiger partial charge in [-0.2, -0.15) is 0 Å².